The lowest BCUT2D eigenvalue weighted by molar-refractivity contribution is -0.140. The number of nitrogens with zero attached hydrogens (tertiary/aromatic N) is 8. The Morgan fingerprint density at radius 2 is 1.51 bits per heavy atom. The van der Waals surface area contributed by atoms with Gasteiger partial charge in [-0.25, -0.2) is 14.4 Å². The molecule has 3 aromatic carbocycles. The molecule has 6 aliphatic heterocycles. The van der Waals surface area contributed by atoms with Gasteiger partial charge in [0, 0.05) is 80.4 Å². The van der Waals surface area contributed by atoms with E-state index in [4.69, 9.17) is 9.97 Å². The van der Waals surface area contributed by atoms with Gasteiger partial charge in [-0.15, -0.1) is 0 Å². The molecule has 16 heteroatoms. The maximum absolute atomic E-state index is 15.3. The zero-order chi connectivity index (χ0) is 54.8. The molecule has 0 bridgehead atoms. The van der Waals surface area contributed by atoms with E-state index in [1.165, 1.54) is 30.9 Å². The predicted molar refractivity (Wildman–Crippen MR) is 306 cm³/mol. The van der Waals surface area contributed by atoms with Crippen molar-refractivity contribution in [2.45, 2.75) is 153 Å². The molecule has 13 rings (SSSR count). The van der Waals surface area contributed by atoms with Crippen LogP contribution in [0, 0.1) is 23.6 Å². The number of para-hydroxylation sites is 1. The third-order valence-corrected chi connectivity index (χ3v) is 20.1. The fourth-order valence-electron chi connectivity index (χ4n) is 15.3. The van der Waals surface area contributed by atoms with Crippen molar-refractivity contribution in [3.05, 3.63) is 101 Å². The highest BCUT2D eigenvalue weighted by Gasteiger charge is 2.56. The van der Waals surface area contributed by atoms with Crippen molar-refractivity contribution in [1.82, 2.24) is 39.5 Å². The van der Waals surface area contributed by atoms with E-state index in [0.717, 1.165) is 129 Å². The molecule has 2 aromatic heterocycles. The topological polar surface area (TPSA) is 156 Å². The molecule has 1 atom stereocenters. The lowest BCUT2D eigenvalue weighted by Crippen LogP contribution is -2.58. The number of anilines is 3. The minimum absolute atomic E-state index is 0.0193. The van der Waals surface area contributed by atoms with Crippen LogP contribution < -0.4 is 15.5 Å². The Balaban J connectivity index is 0.638. The van der Waals surface area contributed by atoms with E-state index in [9.17, 15) is 19.2 Å². The highest BCUT2D eigenvalue weighted by molar-refractivity contribution is 6.09. The SMILES string of the molecule is CC(C)n1cnc2cc(-c3ccc4c(c3)N(C3CC(N5CCCCC5)C3)C(=O)C43CCN(C(=O)C4CCN(CC5CCC(C(=O)N6CCc7cc(C8CCC(=O)NC8=O)ccc7C6)CC5)CC4)CC3)nc(Nc3ccccc3F)c21. The van der Waals surface area contributed by atoms with Gasteiger partial charge >= 0.3 is 0 Å². The van der Waals surface area contributed by atoms with Crippen molar-refractivity contribution in [2.75, 3.05) is 62.6 Å². The Kier molecular flexibility index (Phi) is 14.4. The number of imide groups is 1. The standard InChI is InChI=1S/C64H77FN10O5/c1-40(2)74-39-66-55-36-54(68-59(58(55)74)67-53-9-5-4-8-52(53)65)46-16-18-51-56(33-46)75(49-34-48(35-49)71-25-6-3-7-26-71)63(80)64(51)23-30-72(31-24-64)61(78)43-20-27-70(28-21-43)37-41-10-12-42(13-11-41)62(79)73-29-22-44-32-45(14-15-47(44)38-73)50-17-19-57(76)69-60(50)77/h4-5,8-9,14-16,18,32-33,36,39-43,48-50H,3,6-7,10-13,17,19-31,34-35,37-38H2,1-2H3,(H,67,68)(H,69,76,77). The second-order valence-electron chi connectivity index (χ2n) is 25.1. The number of halogens is 1. The molecule has 80 heavy (non-hydrogen) atoms. The Morgan fingerprint density at radius 1 is 0.762 bits per heavy atom. The van der Waals surface area contributed by atoms with Crippen molar-refractivity contribution in [3.63, 3.8) is 0 Å². The number of nitrogens with one attached hydrogen (secondary N) is 2. The second kappa shape index (κ2) is 21.8. The molecule has 5 aromatic rings. The summed E-state index contributed by atoms with van der Waals surface area (Å²) >= 11 is 0. The normalized spacial score (nSPS) is 25.7. The van der Waals surface area contributed by atoms with Gasteiger partial charge in [0.2, 0.25) is 29.5 Å². The van der Waals surface area contributed by atoms with E-state index in [1.54, 1.807) is 18.2 Å². The Labute approximate surface area is 469 Å². The van der Waals surface area contributed by atoms with E-state index >= 15 is 9.18 Å². The predicted octanol–water partition coefficient (Wildman–Crippen LogP) is 9.41. The first-order valence-corrected chi connectivity index (χ1v) is 30.2. The number of hydrogen-bond donors (Lipinski definition) is 2. The first-order valence-electron chi connectivity index (χ1n) is 30.2. The van der Waals surface area contributed by atoms with E-state index in [1.807, 2.05) is 23.4 Å². The van der Waals surface area contributed by atoms with Crippen molar-refractivity contribution in [1.29, 1.82) is 0 Å². The van der Waals surface area contributed by atoms with Crippen LogP contribution in [-0.4, -0.2) is 128 Å². The summed E-state index contributed by atoms with van der Waals surface area (Å²) in [6.45, 7) is 11.7. The van der Waals surface area contributed by atoms with Crippen LogP contribution in [0.2, 0.25) is 0 Å². The second-order valence-corrected chi connectivity index (χ2v) is 25.1. The number of carbonyl (C=O) groups is 5. The minimum Gasteiger partial charge on any atom is -0.342 e. The molecule has 1 unspecified atom stereocenters. The molecule has 6 fully saturated rings. The number of fused-ring (bicyclic) bond motifs is 4. The number of amides is 5. The van der Waals surface area contributed by atoms with E-state index < -0.39 is 5.41 Å². The quantitative estimate of drug-likeness (QED) is 0.122. The first kappa shape index (κ1) is 52.8. The fraction of sp³-hybridized carbons (Fsp3) is 0.547. The monoisotopic (exact) mass is 1080 g/mol. The lowest BCUT2D eigenvalue weighted by Gasteiger charge is -2.48. The van der Waals surface area contributed by atoms with E-state index in [0.29, 0.717) is 81.0 Å². The molecule has 2 saturated carbocycles. The van der Waals surface area contributed by atoms with Gasteiger partial charge in [-0.3, -0.25) is 29.3 Å². The zero-order valence-corrected chi connectivity index (χ0v) is 46.6. The number of piperidine rings is 4. The molecule has 2 aliphatic carbocycles. The molecule has 2 N–H and O–H groups in total. The third kappa shape index (κ3) is 9.89. The van der Waals surface area contributed by atoms with Gasteiger partial charge < -0.3 is 34.4 Å². The number of benzene rings is 3. The van der Waals surface area contributed by atoms with Gasteiger partial charge in [0.25, 0.3) is 0 Å². The molecule has 0 radical (unpaired) electrons. The van der Waals surface area contributed by atoms with Crippen LogP contribution in [-0.2, 0) is 42.4 Å². The summed E-state index contributed by atoms with van der Waals surface area (Å²) in [6, 6.07) is 21.9. The minimum atomic E-state index is -0.705. The van der Waals surface area contributed by atoms with Crippen LogP contribution in [0.5, 0.6) is 0 Å². The van der Waals surface area contributed by atoms with Crippen molar-refractivity contribution in [2.24, 2.45) is 17.8 Å². The number of pyridine rings is 1. The first-order chi connectivity index (χ1) is 38.9. The summed E-state index contributed by atoms with van der Waals surface area (Å²) in [5.41, 5.74) is 8.05. The average Bonchev–Trinajstić information content (AvgIpc) is 4.16. The maximum atomic E-state index is 15.3. The van der Waals surface area contributed by atoms with Crippen molar-refractivity contribution >= 4 is 57.8 Å². The summed E-state index contributed by atoms with van der Waals surface area (Å²) in [7, 11) is 0. The number of likely N-dealkylation sites (tertiary alicyclic amines) is 3. The Morgan fingerprint density at radius 3 is 2.26 bits per heavy atom. The summed E-state index contributed by atoms with van der Waals surface area (Å²) in [6.07, 6.45) is 15.9. The van der Waals surface area contributed by atoms with Crippen LogP contribution in [0.4, 0.5) is 21.6 Å². The highest BCUT2D eigenvalue weighted by Crippen LogP contribution is 2.52. The number of hydrogen-bond acceptors (Lipinski definition) is 10. The fourth-order valence-corrected chi connectivity index (χ4v) is 15.3. The largest absolute Gasteiger partial charge is 0.342 e. The summed E-state index contributed by atoms with van der Waals surface area (Å²) in [4.78, 5) is 89.2. The summed E-state index contributed by atoms with van der Waals surface area (Å²) in [5.74, 6) is 0.681. The molecule has 1 spiro atoms. The van der Waals surface area contributed by atoms with E-state index in [-0.39, 0.29) is 65.2 Å². The molecule has 420 valence electrons. The molecule has 5 amide bonds. The third-order valence-electron chi connectivity index (χ3n) is 20.1. The van der Waals surface area contributed by atoms with Gasteiger partial charge in [0.1, 0.15) is 11.3 Å². The van der Waals surface area contributed by atoms with Gasteiger partial charge in [-0.2, -0.15) is 0 Å². The lowest BCUT2D eigenvalue weighted by atomic mass is 9.73. The molecule has 8 aliphatic rings. The highest BCUT2D eigenvalue weighted by atomic mass is 19.1. The zero-order valence-electron chi connectivity index (χ0n) is 46.6. The van der Waals surface area contributed by atoms with E-state index in [2.05, 4.69) is 79.0 Å². The number of carbonyl (C=O) groups excluding carboxylic acids is 5. The van der Waals surface area contributed by atoms with Crippen LogP contribution in [0.1, 0.15) is 144 Å². The van der Waals surface area contributed by atoms with Gasteiger partial charge in [-0.1, -0.05) is 48.9 Å². The van der Waals surface area contributed by atoms with Gasteiger partial charge in [-0.05, 0) is 182 Å². The number of rotatable bonds is 11. The summed E-state index contributed by atoms with van der Waals surface area (Å²) in [5, 5.41) is 5.78. The number of aromatic nitrogens is 3. The van der Waals surface area contributed by atoms with Crippen molar-refractivity contribution in [3.8, 4) is 11.3 Å². The van der Waals surface area contributed by atoms with Gasteiger partial charge in [0.15, 0.2) is 5.82 Å². The molecule has 4 saturated heterocycles. The van der Waals surface area contributed by atoms with Crippen LogP contribution >= 0.6 is 0 Å². The molecule has 8 heterocycles. The molecular weight excluding hydrogens is 1010 g/mol. The van der Waals surface area contributed by atoms with Crippen LogP contribution in [0.15, 0.2) is 73.1 Å². The Bertz CT molecular complexity index is 3210. The van der Waals surface area contributed by atoms with Crippen molar-refractivity contribution < 1.29 is 28.4 Å². The molecule has 15 nitrogen and oxygen atoms in total. The molecular formula is C64H77FN10O5. The number of imidazole rings is 1. The maximum Gasteiger partial charge on any atom is 0.238 e. The Hall–Kier alpha value is -6.52. The van der Waals surface area contributed by atoms with Gasteiger partial charge in [0.05, 0.1) is 34.6 Å². The van der Waals surface area contributed by atoms with Crippen LogP contribution in [0.25, 0.3) is 22.3 Å². The average molecular weight is 1090 g/mol. The summed E-state index contributed by atoms with van der Waals surface area (Å²) < 4.78 is 17.2. The smallest absolute Gasteiger partial charge is 0.238 e. The van der Waals surface area contributed by atoms with Crippen LogP contribution in [0.3, 0.4) is 0 Å².